The van der Waals surface area contributed by atoms with E-state index < -0.39 is 0 Å². The number of nitrogens with one attached hydrogen (secondary N) is 1. The molecule has 3 N–H and O–H groups in total. The van der Waals surface area contributed by atoms with Crippen LogP contribution in [0.25, 0.3) is 0 Å². The summed E-state index contributed by atoms with van der Waals surface area (Å²) in [6, 6.07) is 2.03. The van der Waals surface area contributed by atoms with E-state index in [1.54, 1.807) is 0 Å². The number of likely N-dealkylation sites (tertiary alicyclic amines) is 1. The van der Waals surface area contributed by atoms with Crippen LogP contribution in [0.1, 0.15) is 23.4 Å². The average Bonchev–Trinajstić information content (AvgIpc) is 2.71. The van der Waals surface area contributed by atoms with E-state index in [4.69, 9.17) is 18.0 Å². The number of hydrogen-bond acceptors (Lipinski definition) is 4. The van der Waals surface area contributed by atoms with Crippen LogP contribution < -0.4 is 11.1 Å². The quantitative estimate of drug-likeness (QED) is 0.821. The average molecular weight is 278 g/mol. The van der Waals surface area contributed by atoms with E-state index in [0.29, 0.717) is 10.9 Å². The molecule has 2 heterocycles. The predicted octanol–water partition coefficient (Wildman–Crippen LogP) is 1.70. The Kier molecular flexibility index (Phi) is 4.37. The van der Waals surface area contributed by atoms with Crippen molar-refractivity contribution in [1.82, 2.24) is 9.88 Å². The minimum atomic E-state index is 0.413. The third-order valence-electron chi connectivity index (χ3n) is 3.64. The molecular formula is C14H22N4S. The molecule has 19 heavy (non-hydrogen) atoms. The molecule has 1 aliphatic rings. The van der Waals surface area contributed by atoms with E-state index in [-0.39, 0.29) is 0 Å². The van der Waals surface area contributed by atoms with Crippen molar-refractivity contribution < 1.29 is 0 Å². The van der Waals surface area contributed by atoms with Crippen molar-refractivity contribution in [3.8, 4) is 0 Å². The molecule has 1 atom stereocenters. The molecule has 1 saturated heterocycles. The van der Waals surface area contributed by atoms with E-state index in [0.717, 1.165) is 35.7 Å². The molecule has 104 valence electrons. The number of nitrogens with two attached hydrogens (primary N) is 1. The Bertz CT molecular complexity index is 487. The van der Waals surface area contributed by atoms with Crippen LogP contribution in [0, 0.1) is 19.8 Å². The number of pyridine rings is 1. The maximum atomic E-state index is 5.81. The predicted molar refractivity (Wildman–Crippen MR) is 83.7 cm³/mol. The zero-order valence-corrected chi connectivity index (χ0v) is 12.7. The van der Waals surface area contributed by atoms with Gasteiger partial charge in [-0.05, 0) is 45.8 Å². The number of nitrogens with zero attached hydrogens (tertiary/aromatic N) is 2. The van der Waals surface area contributed by atoms with Gasteiger partial charge in [0.05, 0.1) is 5.56 Å². The molecule has 1 fully saturated rings. The third-order valence-corrected chi connectivity index (χ3v) is 3.85. The van der Waals surface area contributed by atoms with Gasteiger partial charge in [0.2, 0.25) is 0 Å². The SMILES string of the molecule is Cc1cc(NCC2CCN(C)C2)c(C(N)=S)c(C)n1. The summed E-state index contributed by atoms with van der Waals surface area (Å²) >= 11 is 5.14. The first-order valence-corrected chi connectivity index (χ1v) is 7.08. The Morgan fingerprint density at radius 2 is 2.32 bits per heavy atom. The lowest BCUT2D eigenvalue weighted by Gasteiger charge is -2.17. The van der Waals surface area contributed by atoms with Gasteiger partial charge in [-0.15, -0.1) is 0 Å². The summed E-state index contributed by atoms with van der Waals surface area (Å²) < 4.78 is 0. The van der Waals surface area contributed by atoms with E-state index in [1.165, 1.54) is 13.0 Å². The highest BCUT2D eigenvalue weighted by Crippen LogP contribution is 2.21. The van der Waals surface area contributed by atoms with E-state index in [9.17, 15) is 0 Å². The van der Waals surface area contributed by atoms with Crippen molar-refractivity contribution in [2.75, 3.05) is 32.0 Å². The van der Waals surface area contributed by atoms with Gasteiger partial charge < -0.3 is 16.0 Å². The highest BCUT2D eigenvalue weighted by Gasteiger charge is 2.20. The minimum Gasteiger partial charge on any atom is -0.389 e. The second-order valence-electron chi connectivity index (χ2n) is 5.43. The first kappa shape index (κ1) is 14.2. The summed E-state index contributed by atoms with van der Waals surface area (Å²) in [6.07, 6.45) is 1.24. The van der Waals surface area contributed by atoms with Gasteiger partial charge in [-0.2, -0.15) is 0 Å². The molecular weight excluding hydrogens is 256 g/mol. The van der Waals surface area contributed by atoms with Crippen molar-refractivity contribution in [3.63, 3.8) is 0 Å². The van der Waals surface area contributed by atoms with Gasteiger partial charge in [0.1, 0.15) is 4.99 Å². The monoisotopic (exact) mass is 278 g/mol. The number of anilines is 1. The minimum absolute atomic E-state index is 0.413. The van der Waals surface area contributed by atoms with Crippen LogP contribution >= 0.6 is 12.2 Å². The van der Waals surface area contributed by atoms with E-state index >= 15 is 0 Å². The van der Waals surface area contributed by atoms with E-state index in [1.807, 2.05) is 19.9 Å². The molecule has 4 nitrogen and oxygen atoms in total. The first-order valence-electron chi connectivity index (χ1n) is 6.68. The summed E-state index contributed by atoms with van der Waals surface area (Å²) in [5, 5.41) is 3.50. The van der Waals surface area contributed by atoms with Crippen LogP contribution in [0.5, 0.6) is 0 Å². The standard InChI is InChI=1S/C14H22N4S/c1-9-6-12(13(14(15)19)10(2)17-9)16-7-11-4-5-18(3)8-11/h6,11H,4-5,7-8H2,1-3H3,(H2,15,19)(H,16,17). The second kappa shape index (κ2) is 5.84. The molecule has 2 rings (SSSR count). The molecule has 0 saturated carbocycles. The molecule has 0 spiro atoms. The van der Waals surface area contributed by atoms with Crippen molar-refractivity contribution in [1.29, 1.82) is 0 Å². The van der Waals surface area contributed by atoms with Crippen LogP contribution in [0.15, 0.2) is 6.07 Å². The number of aromatic nitrogens is 1. The zero-order chi connectivity index (χ0) is 14.0. The summed E-state index contributed by atoms with van der Waals surface area (Å²) in [4.78, 5) is 7.21. The molecule has 0 aromatic carbocycles. The summed E-state index contributed by atoms with van der Waals surface area (Å²) in [6.45, 7) is 7.24. The van der Waals surface area contributed by atoms with Crippen molar-refractivity contribution >= 4 is 22.9 Å². The van der Waals surface area contributed by atoms with Crippen LogP contribution in [-0.4, -0.2) is 41.6 Å². The Balaban J connectivity index is 2.12. The van der Waals surface area contributed by atoms with Crippen LogP contribution in [0.3, 0.4) is 0 Å². The lowest BCUT2D eigenvalue weighted by molar-refractivity contribution is 0.399. The number of rotatable bonds is 4. The molecule has 1 aromatic heterocycles. The largest absolute Gasteiger partial charge is 0.389 e. The van der Waals surface area contributed by atoms with Gasteiger partial charge in [-0.25, -0.2) is 0 Å². The molecule has 1 aliphatic heterocycles. The maximum absolute atomic E-state index is 5.81. The Labute approximate surface area is 120 Å². The highest BCUT2D eigenvalue weighted by molar-refractivity contribution is 7.80. The molecule has 1 aromatic rings. The second-order valence-corrected chi connectivity index (χ2v) is 5.87. The van der Waals surface area contributed by atoms with Gasteiger partial charge in [-0.1, -0.05) is 12.2 Å². The summed E-state index contributed by atoms with van der Waals surface area (Å²) in [5.74, 6) is 0.693. The molecule has 0 aliphatic carbocycles. The fraction of sp³-hybridized carbons (Fsp3) is 0.571. The fourth-order valence-electron chi connectivity index (χ4n) is 2.73. The first-order chi connectivity index (χ1) is 8.97. The Hall–Kier alpha value is -1.20. The van der Waals surface area contributed by atoms with Crippen LogP contribution in [0.2, 0.25) is 0 Å². The normalized spacial score (nSPS) is 19.6. The van der Waals surface area contributed by atoms with Crippen LogP contribution in [0.4, 0.5) is 5.69 Å². The zero-order valence-electron chi connectivity index (χ0n) is 11.9. The highest BCUT2D eigenvalue weighted by atomic mass is 32.1. The number of aryl methyl sites for hydroxylation is 2. The lowest BCUT2D eigenvalue weighted by atomic mass is 10.1. The molecule has 0 bridgehead atoms. The Morgan fingerprint density at radius 1 is 1.58 bits per heavy atom. The molecule has 5 heteroatoms. The van der Waals surface area contributed by atoms with E-state index in [2.05, 4.69) is 22.2 Å². The summed E-state index contributed by atoms with van der Waals surface area (Å²) in [5.41, 5.74) is 9.61. The molecule has 0 radical (unpaired) electrons. The van der Waals surface area contributed by atoms with Gasteiger partial charge in [0, 0.05) is 30.2 Å². The summed E-state index contributed by atoms with van der Waals surface area (Å²) in [7, 11) is 2.17. The lowest BCUT2D eigenvalue weighted by Crippen LogP contribution is -2.21. The Morgan fingerprint density at radius 3 is 2.89 bits per heavy atom. The fourth-order valence-corrected chi connectivity index (χ4v) is 2.98. The topological polar surface area (TPSA) is 54.2 Å². The van der Waals surface area contributed by atoms with Gasteiger partial charge in [0.25, 0.3) is 0 Å². The molecule has 0 amide bonds. The van der Waals surface area contributed by atoms with Crippen molar-refractivity contribution in [3.05, 3.63) is 23.0 Å². The molecule has 1 unspecified atom stereocenters. The third kappa shape index (κ3) is 3.42. The van der Waals surface area contributed by atoms with Crippen molar-refractivity contribution in [2.45, 2.75) is 20.3 Å². The van der Waals surface area contributed by atoms with Crippen molar-refractivity contribution in [2.24, 2.45) is 11.7 Å². The van der Waals surface area contributed by atoms with Gasteiger partial charge in [0.15, 0.2) is 0 Å². The smallest absolute Gasteiger partial charge is 0.107 e. The number of hydrogen-bond donors (Lipinski definition) is 2. The van der Waals surface area contributed by atoms with Gasteiger partial charge >= 0.3 is 0 Å². The number of thiocarbonyl (C=S) groups is 1. The van der Waals surface area contributed by atoms with Crippen LogP contribution in [-0.2, 0) is 0 Å². The maximum Gasteiger partial charge on any atom is 0.107 e. The van der Waals surface area contributed by atoms with Gasteiger partial charge in [-0.3, -0.25) is 4.98 Å².